The zero-order valence-corrected chi connectivity index (χ0v) is 11.1. The summed E-state index contributed by atoms with van der Waals surface area (Å²) in [6, 6.07) is -1.12. The summed E-state index contributed by atoms with van der Waals surface area (Å²) in [6.45, 7) is 1.46. The number of aromatic amines is 1. The molecule has 0 radical (unpaired) electrons. The highest BCUT2D eigenvalue weighted by molar-refractivity contribution is 7.91. The van der Waals surface area contributed by atoms with Gasteiger partial charge in [-0.1, -0.05) is 11.3 Å². The van der Waals surface area contributed by atoms with Crippen LogP contribution in [-0.2, 0) is 14.8 Å². The molecule has 7 nitrogen and oxygen atoms in total. The predicted molar refractivity (Wildman–Crippen MR) is 64.1 cm³/mol. The van der Waals surface area contributed by atoms with E-state index in [-0.39, 0.29) is 15.8 Å². The number of carboxylic acid groups (broad SMARTS) is 1. The quantitative estimate of drug-likeness (QED) is 0.700. The number of nitrogens with one attached hydrogen (secondary N) is 2. The van der Waals surface area contributed by atoms with Gasteiger partial charge in [-0.2, -0.15) is 4.72 Å². The molecule has 100 valence electrons. The van der Waals surface area contributed by atoms with E-state index < -0.39 is 26.9 Å². The highest BCUT2D eigenvalue weighted by Gasteiger charge is 2.39. The van der Waals surface area contributed by atoms with Crippen molar-refractivity contribution in [2.75, 3.05) is 0 Å². The number of aliphatic carboxylic acids is 1. The maximum Gasteiger partial charge on any atom is 0.322 e. The fourth-order valence-corrected chi connectivity index (χ4v) is 4.22. The van der Waals surface area contributed by atoms with Crippen molar-refractivity contribution in [1.29, 1.82) is 0 Å². The number of thiazole rings is 1. The lowest BCUT2D eigenvalue weighted by atomic mass is 10.2. The van der Waals surface area contributed by atoms with Gasteiger partial charge in [-0.3, -0.25) is 9.59 Å². The number of aryl methyl sites for hydroxylation is 1. The molecule has 0 aromatic carbocycles. The molecule has 1 aromatic heterocycles. The average molecular weight is 292 g/mol. The molecule has 1 unspecified atom stereocenters. The Labute approximate surface area is 107 Å². The van der Waals surface area contributed by atoms with Crippen molar-refractivity contribution in [3.8, 4) is 0 Å². The van der Waals surface area contributed by atoms with Gasteiger partial charge >= 0.3 is 10.8 Å². The van der Waals surface area contributed by atoms with Gasteiger partial charge in [0.05, 0.1) is 0 Å². The number of hydrogen-bond acceptors (Lipinski definition) is 5. The molecule has 1 fully saturated rings. The molecular weight excluding hydrogens is 280 g/mol. The second-order valence-corrected chi connectivity index (χ2v) is 7.09. The van der Waals surface area contributed by atoms with Gasteiger partial charge in [-0.15, -0.1) is 0 Å². The Hall–Kier alpha value is -1.19. The molecule has 0 spiro atoms. The summed E-state index contributed by atoms with van der Waals surface area (Å²) in [4.78, 5) is 23.9. The molecule has 1 aliphatic rings. The SMILES string of the molecule is Cc1[nH]c(=O)sc1S(=O)(=O)NC(C(=O)O)C1CC1. The van der Waals surface area contributed by atoms with Crippen LogP contribution < -0.4 is 9.60 Å². The molecule has 1 heterocycles. The number of aromatic nitrogens is 1. The Morgan fingerprint density at radius 1 is 1.56 bits per heavy atom. The minimum absolute atomic E-state index is 0.153. The molecule has 0 amide bonds. The van der Waals surface area contributed by atoms with Crippen LogP contribution >= 0.6 is 11.3 Å². The lowest BCUT2D eigenvalue weighted by molar-refractivity contribution is -0.139. The van der Waals surface area contributed by atoms with Crippen molar-refractivity contribution < 1.29 is 18.3 Å². The Balaban J connectivity index is 2.29. The van der Waals surface area contributed by atoms with Gasteiger partial charge in [0, 0.05) is 5.69 Å². The van der Waals surface area contributed by atoms with Crippen LogP contribution in [0.1, 0.15) is 18.5 Å². The van der Waals surface area contributed by atoms with Crippen LogP contribution in [0, 0.1) is 12.8 Å². The fraction of sp³-hybridized carbons (Fsp3) is 0.556. The molecular formula is C9H12N2O5S2. The number of H-pyrrole nitrogens is 1. The van der Waals surface area contributed by atoms with Crippen LogP contribution in [0.25, 0.3) is 0 Å². The van der Waals surface area contributed by atoms with Gasteiger partial charge in [-0.05, 0) is 25.7 Å². The summed E-state index contributed by atoms with van der Waals surface area (Å²) < 4.78 is 26.0. The van der Waals surface area contributed by atoms with Gasteiger partial charge in [-0.25, -0.2) is 8.42 Å². The second kappa shape index (κ2) is 4.48. The minimum atomic E-state index is -3.96. The largest absolute Gasteiger partial charge is 0.480 e. The zero-order chi connectivity index (χ0) is 13.5. The van der Waals surface area contributed by atoms with Crippen molar-refractivity contribution in [2.45, 2.75) is 30.0 Å². The maximum absolute atomic E-state index is 12.0. The predicted octanol–water partition coefficient (Wildman–Crippen LogP) is -0.114. The third kappa shape index (κ3) is 2.62. The summed E-state index contributed by atoms with van der Waals surface area (Å²) >= 11 is 0.553. The summed E-state index contributed by atoms with van der Waals surface area (Å²) in [7, 11) is -3.96. The third-order valence-electron chi connectivity index (χ3n) is 2.67. The Morgan fingerprint density at radius 3 is 2.56 bits per heavy atom. The van der Waals surface area contributed by atoms with Gasteiger partial charge in [0.15, 0.2) is 4.21 Å². The van der Waals surface area contributed by atoms with E-state index in [0.29, 0.717) is 24.2 Å². The standard InChI is InChI=1S/C9H12N2O5S2/c1-4-8(17-9(14)10-4)18(15,16)11-6(7(12)13)5-2-3-5/h5-6,11H,2-3H2,1H3,(H,10,14)(H,12,13). The molecule has 1 saturated carbocycles. The molecule has 2 rings (SSSR count). The number of sulfonamides is 1. The van der Waals surface area contributed by atoms with Crippen molar-refractivity contribution in [3.05, 3.63) is 15.4 Å². The summed E-state index contributed by atoms with van der Waals surface area (Å²) in [6.07, 6.45) is 1.39. The first-order chi connectivity index (χ1) is 8.31. The number of rotatable bonds is 5. The zero-order valence-electron chi connectivity index (χ0n) is 9.47. The van der Waals surface area contributed by atoms with E-state index in [1.165, 1.54) is 6.92 Å². The lowest BCUT2D eigenvalue weighted by Gasteiger charge is -2.13. The minimum Gasteiger partial charge on any atom is -0.480 e. The van der Waals surface area contributed by atoms with Crippen LogP contribution in [0.2, 0.25) is 0 Å². The van der Waals surface area contributed by atoms with Crippen LogP contribution in [0.5, 0.6) is 0 Å². The van der Waals surface area contributed by atoms with E-state index in [1.807, 2.05) is 0 Å². The van der Waals surface area contributed by atoms with Crippen LogP contribution in [0.4, 0.5) is 0 Å². The summed E-state index contributed by atoms with van der Waals surface area (Å²) in [5.41, 5.74) is 0.220. The van der Waals surface area contributed by atoms with Gasteiger partial charge in [0.2, 0.25) is 0 Å². The van der Waals surface area contributed by atoms with Crippen molar-refractivity contribution in [3.63, 3.8) is 0 Å². The first kappa shape index (κ1) is 13.2. The van der Waals surface area contributed by atoms with Gasteiger partial charge in [0.1, 0.15) is 6.04 Å². The van der Waals surface area contributed by atoms with Gasteiger partial charge < -0.3 is 10.1 Å². The van der Waals surface area contributed by atoms with Crippen molar-refractivity contribution in [1.82, 2.24) is 9.71 Å². The van der Waals surface area contributed by atoms with Gasteiger partial charge in [0.25, 0.3) is 10.0 Å². The average Bonchev–Trinajstić information content (AvgIpc) is 3.00. The van der Waals surface area contributed by atoms with Crippen LogP contribution in [0.15, 0.2) is 9.00 Å². The molecule has 18 heavy (non-hydrogen) atoms. The molecule has 0 saturated heterocycles. The molecule has 3 N–H and O–H groups in total. The first-order valence-corrected chi connectivity index (χ1v) is 7.56. The first-order valence-electron chi connectivity index (χ1n) is 5.26. The highest BCUT2D eigenvalue weighted by Crippen LogP contribution is 2.33. The Bertz CT molecular complexity index is 626. The molecule has 0 aliphatic heterocycles. The van der Waals surface area contributed by atoms with E-state index in [0.717, 1.165) is 0 Å². The normalized spacial score (nSPS) is 17.6. The van der Waals surface area contributed by atoms with Crippen molar-refractivity contribution >= 4 is 27.3 Å². The smallest absolute Gasteiger partial charge is 0.322 e. The Morgan fingerprint density at radius 2 is 2.17 bits per heavy atom. The monoisotopic (exact) mass is 292 g/mol. The van der Waals surface area contributed by atoms with Crippen molar-refractivity contribution in [2.24, 2.45) is 5.92 Å². The van der Waals surface area contributed by atoms with E-state index in [9.17, 15) is 18.0 Å². The Kier molecular flexibility index (Phi) is 3.30. The molecule has 9 heteroatoms. The topological polar surface area (TPSA) is 116 Å². The molecule has 1 aliphatic carbocycles. The van der Waals surface area contributed by atoms with E-state index in [2.05, 4.69) is 9.71 Å². The van der Waals surface area contributed by atoms with E-state index >= 15 is 0 Å². The fourth-order valence-electron chi connectivity index (χ4n) is 1.65. The van der Waals surface area contributed by atoms with E-state index in [1.54, 1.807) is 0 Å². The lowest BCUT2D eigenvalue weighted by Crippen LogP contribution is -2.42. The van der Waals surface area contributed by atoms with Crippen LogP contribution in [-0.4, -0.2) is 30.5 Å². The number of carboxylic acids is 1. The maximum atomic E-state index is 12.0. The van der Waals surface area contributed by atoms with E-state index in [4.69, 9.17) is 5.11 Å². The summed E-state index contributed by atoms with van der Waals surface area (Å²) in [5, 5.41) is 8.98. The van der Waals surface area contributed by atoms with Crippen LogP contribution in [0.3, 0.4) is 0 Å². The second-order valence-electron chi connectivity index (χ2n) is 4.20. The molecule has 1 aromatic rings. The molecule has 1 atom stereocenters. The third-order valence-corrected chi connectivity index (χ3v) is 5.71. The number of hydrogen-bond donors (Lipinski definition) is 3. The number of carbonyl (C=O) groups is 1. The molecule has 0 bridgehead atoms. The highest BCUT2D eigenvalue weighted by atomic mass is 32.2. The summed E-state index contributed by atoms with van der Waals surface area (Å²) in [5.74, 6) is -1.35.